The Morgan fingerprint density at radius 3 is 2.59 bits per heavy atom. The molecule has 1 aliphatic carbocycles. The van der Waals surface area contributed by atoms with E-state index in [0.717, 1.165) is 26.2 Å². The van der Waals surface area contributed by atoms with E-state index >= 15 is 0 Å². The van der Waals surface area contributed by atoms with Crippen LogP contribution in [0.2, 0.25) is 0 Å². The quantitative estimate of drug-likeness (QED) is 0.784. The number of nitrogens with zero attached hydrogens (tertiary/aromatic N) is 2. The highest BCUT2D eigenvalue weighted by molar-refractivity contribution is 5.76. The minimum absolute atomic E-state index is 0.320. The van der Waals surface area contributed by atoms with Crippen LogP contribution in [0.3, 0.4) is 0 Å². The third-order valence-electron chi connectivity index (χ3n) is 4.26. The van der Waals surface area contributed by atoms with E-state index in [9.17, 15) is 4.79 Å². The Labute approximate surface area is 104 Å². The summed E-state index contributed by atoms with van der Waals surface area (Å²) < 4.78 is 0. The van der Waals surface area contributed by atoms with E-state index in [1.54, 1.807) is 0 Å². The molecule has 4 nitrogen and oxygen atoms in total. The maximum absolute atomic E-state index is 12.1. The second-order valence-corrected chi connectivity index (χ2v) is 5.43. The second kappa shape index (κ2) is 5.83. The van der Waals surface area contributed by atoms with Crippen LogP contribution in [0, 0.1) is 0 Å². The smallest absolute Gasteiger partial charge is 0.224 e. The monoisotopic (exact) mass is 239 g/mol. The summed E-state index contributed by atoms with van der Waals surface area (Å²) in [5.74, 6) is 0.320. The van der Waals surface area contributed by atoms with Crippen molar-refractivity contribution in [3.8, 4) is 0 Å². The molecule has 0 aromatic heterocycles. The van der Waals surface area contributed by atoms with Crippen molar-refractivity contribution in [1.29, 1.82) is 0 Å². The van der Waals surface area contributed by atoms with Crippen LogP contribution < -0.4 is 5.32 Å². The van der Waals surface area contributed by atoms with Crippen molar-refractivity contribution in [1.82, 2.24) is 15.1 Å². The molecule has 0 aromatic carbocycles. The fraction of sp³-hybridized carbons (Fsp3) is 0.923. The molecule has 0 spiro atoms. The lowest BCUT2D eigenvalue weighted by Crippen LogP contribution is -2.49. The summed E-state index contributed by atoms with van der Waals surface area (Å²) in [4.78, 5) is 16.5. The van der Waals surface area contributed by atoms with Crippen LogP contribution >= 0.6 is 0 Å². The van der Waals surface area contributed by atoms with Gasteiger partial charge < -0.3 is 10.2 Å². The Bertz CT molecular complexity index is 259. The van der Waals surface area contributed by atoms with Crippen LogP contribution in [0.1, 0.15) is 32.6 Å². The molecule has 2 fully saturated rings. The molecule has 2 rings (SSSR count). The van der Waals surface area contributed by atoms with E-state index in [1.165, 1.54) is 19.3 Å². The first-order valence-electron chi connectivity index (χ1n) is 6.89. The van der Waals surface area contributed by atoms with E-state index in [2.05, 4.69) is 17.1 Å². The zero-order chi connectivity index (χ0) is 12.3. The topological polar surface area (TPSA) is 35.6 Å². The van der Waals surface area contributed by atoms with Crippen molar-refractivity contribution in [2.75, 3.05) is 33.2 Å². The predicted molar refractivity (Wildman–Crippen MR) is 68.9 cm³/mol. The maximum Gasteiger partial charge on any atom is 0.224 e. The van der Waals surface area contributed by atoms with E-state index < -0.39 is 0 Å². The summed E-state index contributed by atoms with van der Waals surface area (Å²) in [6.45, 7) is 6.43. The van der Waals surface area contributed by atoms with E-state index in [1.807, 2.05) is 11.9 Å². The van der Waals surface area contributed by atoms with E-state index in [4.69, 9.17) is 0 Å². The summed E-state index contributed by atoms with van der Waals surface area (Å²) in [5.41, 5.74) is 0. The molecule has 0 radical (unpaired) electrons. The molecule has 0 aromatic rings. The third-order valence-corrected chi connectivity index (χ3v) is 4.26. The molecule has 1 amide bonds. The summed E-state index contributed by atoms with van der Waals surface area (Å²) >= 11 is 0. The van der Waals surface area contributed by atoms with Gasteiger partial charge in [-0.1, -0.05) is 0 Å². The molecule has 4 heteroatoms. The fourth-order valence-electron chi connectivity index (χ4n) is 2.63. The van der Waals surface area contributed by atoms with Gasteiger partial charge in [-0.15, -0.1) is 0 Å². The molecule has 17 heavy (non-hydrogen) atoms. The molecule has 1 aliphatic heterocycles. The van der Waals surface area contributed by atoms with Gasteiger partial charge in [0.1, 0.15) is 0 Å². The van der Waals surface area contributed by atoms with Crippen LogP contribution in [0.15, 0.2) is 0 Å². The number of piperazine rings is 1. The van der Waals surface area contributed by atoms with Crippen LogP contribution in [0.25, 0.3) is 0 Å². The largest absolute Gasteiger partial charge is 0.343 e. The lowest BCUT2D eigenvalue weighted by atomic mass is 9.91. The van der Waals surface area contributed by atoms with Crippen molar-refractivity contribution in [3.05, 3.63) is 0 Å². The Kier molecular flexibility index (Phi) is 4.40. The Balaban J connectivity index is 1.76. The first kappa shape index (κ1) is 12.8. The van der Waals surface area contributed by atoms with E-state index in [-0.39, 0.29) is 0 Å². The highest BCUT2D eigenvalue weighted by Gasteiger charge is 2.27. The summed E-state index contributed by atoms with van der Waals surface area (Å²) in [6.07, 6.45) is 4.36. The first-order valence-corrected chi connectivity index (χ1v) is 6.89. The van der Waals surface area contributed by atoms with Gasteiger partial charge >= 0.3 is 0 Å². The predicted octanol–water partition coefficient (Wildman–Crippen LogP) is 0.681. The number of rotatable bonds is 4. The molecule has 98 valence electrons. The molecule has 1 N–H and O–H groups in total. The highest BCUT2D eigenvalue weighted by atomic mass is 16.2. The first-order chi connectivity index (χ1) is 8.18. The molecule has 1 unspecified atom stereocenters. The lowest BCUT2D eigenvalue weighted by molar-refractivity contribution is -0.134. The van der Waals surface area contributed by atoms with Gasteiger partial charge in [-0.2, -0.15) is 0 Å². The summed E-state index contributed by atoms with van der Waals surface area (Å²) in [7, 11) is 1.97. The van der Waals surface area contributed by atoms with Gasteiger partial charge in [0.15, 0.2) is 0 Å². The van der Waals surface area contributed by atoms with Gasteiger partial charge in [-0.25, -0.2) is 0 Å². The van der Waals surface area contributed by atoms with Crippen LogP contribution in [0.5, 0.6) is 0 Å². The standard InChI is InChI=1S/C13H25N3O/c1-11(16-8-6-14-7-9-16)10-13(17)15(2)12-4-3-5-12/h11-12,14H,3-10H2,1-2H3. The van der Waals surface area contributed by atoms with Crippen molar-refractivity contribution in [2.24, 2.45) is 0 Å². The Morgan fingerprint density at radius 1 is 1.41 bits per heavy atom. The van der Waals surface area contributed by atoms with Crippen molar-refractivity contribution >= 4 is 5.91 Å². The maximum atomic E-state index is 12.1. The molecule has 0 bridgehead atoms. The average Bonchev–Trinajstić information content (AvgIpc) is 2.27. The number of hydrogen-bond donors (Lipinski definition) is 1. The molecule has 1 saturated carbocycles. The van der Waals surface area contributed by atoms with Crippen LogP contribution in [-0.2, 0) is 4.79 Å². The molecular weight excluding hydrogens is 214 g/mol. The molecular formula is C13H25N3O. The highest BCUT2D eigenvalue weighted by Crippen LogP contribution is 2.24. The van der Waals surface area contributed by atoms with Gasteiger partial charge in [0.2, 0.25) is 5.91 Å². The zero-order valence-corrected chi connectivity index (χ0v) is 11.1. The number of hydrogen-bond acceptors (Lipinski definition) is 3. The van der Waals surface area contributed by atoms with E-state index in [0.29, 0.717) is 24.4 Å². The van der Waals surface area contributed by atoms with Crippen molar-refractivity contribution in [2.45, 2.75) is 44.7 Å². The van der Waals surface area contributed by atoms with Gasteiger partial charge in [0.25, 0.3) is 0 Å². The minimum atomic E-state index is 0.320. The number of amides is 1. The normalized spacial score (nSPS) is 24.1. The lowest BCUT2D eigenvalue weighted by Gasteiger charge is -2.37. The second-order valence-electron chi connectivity index (χ2n) is 5.43. The fourth-order valence-corrected chi connectivity index (χ4v) is 2.63. The van der Waals surface area contributed by atoms with Gasteiger partial charge in [0.05, 0.1) is 0 Å². The Hall–Kier alpha value is -0.610. The van der Waals surface area contributed by atoms with Crippen LogP contribution in [-0.4, -0.2) is 61.0 Å². The van der Waals surface area contributed by atoms with Gasteiger partial charge in [0, 0.05) is 51.7 Å². The SMILES string of the molecule is CC(CC(=O)N(C)C1CCC1)N1CCNCC1. The van der Waals surface area contributed by atoms with Crippen LogP contribution in [0.4, 0.5) is 0 Å². The summed E-state index contributed by atoms with van der Waals surface area (Å²) in [6, 6.07) is 0.907. The minimum Gasteiger partial charge on any atom is -0.343 e. The zero-order valence-electron chi connectivity index (χ0n) is 11.1. The molecule has 2 aliphatic rings. The van der Waals surface area contributed by atoms with Crippen molar-refractivity contribution in [3.63, 3.8) is 0 Å². The summed E-state index contributed by atoms with van der Waals surface area (Å²) in [5, 5.41) is 3.35. The molecule has 1 saturated heterocycles. The number of carbonyl (C=O) groups is 1. The molecule has 1 heterocycles. The van der Waals surface area contributed by atoms with Crippen molar-refractivity contribution < 1.29 is 4.79 Å². The Morgan fingerprint density at radius 2 is 2.06 bits per heavy atom. The number of carbonyl (C=O) groups excluding carboxylic acids is 1. The third kappa shape index (κ3) is 3.19. The number of nitrogens with one attached hydrogen (secondary N) is 1. The molecule has 1 atom stereocenters. The average molecular weight is 239 g/mol. The van der Waals surface area contributed by atoms with Gasteiger partial charge in [-0.3, -0.25) is 9.69 Å². The van der Waals surface area contributed by atoms with Gasteiger partial charge in [-0.05, 0) is 26.2 Å².